The zero-order chi connectivity index (χ0) is 22.2. The molecule has 9 heteroatoms. The molecule has 0 saturated carbocycles. The van der Waals surface area contributed by atoms with Crippen molar-refractivity contribution in [3.05, 3.63) is 32.6 Å². The van der Waals surface area contributed by atoms with Gasteiger partial charge in [0.15, 0.2) is 8.32 Å². The number of aromatic amines is 1. The van der Waals surface area contributed by atoms with Crippen LogP contribution in [0.15, 0.2) is 15.8 Å². The van der Waals surface area contributed by atoms with Gasteiger partial charge in [-0.05, 0) is 18.1 Å². The van der Waals surface area contributed by atoms with Gasteiger partial charge in [-0.1, -0.05) is 46.3 Å². The molecule has 0 spiro atoms. The van der Waals surface area contributed by atoms with E-state index in [-0.39, 0.29) is 23.6 Å². The largest absolute Gasteiger partial charge is 0.414 e. The summed E-state index contributed by atoms with van der Waals surface area (Å²) in [6.45, 7) is 17.2. The maximum Gasteiger partial charge on any atom is 0.330 e. The Balaban J connectivity index is 2.21. The van der Waals surface area contributed by atoms with Gasteiger partial charge in [-0.2, -0.15) is 0 Å². The lowest BCUT2D eigenvalue weighted by Gasteiger charge is -2.37. The predicted octanol–water partition coefficient (Wildman–Crippen LogP) is 2.44. The van der Waals surface area contributed by atoms with Crippen molar-refractivity contribution in [3.8, 4) is 11.5 Å². The van der Waals surface area contributed by atoms with Gasteiger partial charge in [0, 0.05) is 12.6 Å². The topological polar surface area (TPSA) is 93.5 Å². The molecular formula is C20H34N2O5Si2. The zero-order valence-corrected chi connectivity index (χ0v) is 20.8. The van der Waals surface area contributed by atoms with Crippen molar-refractivity contribution in [1.82, 2.24) is 9.55 Å². The molecule has 29 heavy (non-hydrogen) atoms. The average Bonchev–Trinajstić information content (AvgIpc) is 2.91. The van der Waals surface area contributed by atoms with E-state index >= 15 is 0 Å². The highest BCUT2D eigenvalue weighted by Crippen LogP contribution is 2.37. The Morgan fingerprint density at radius 3 is 2.45 bits per heavy atom. The minimum absolute atomic E-state index is 0.0513. The van der Waals surface area contributed by atoms with Crippen molar-refractivity contribution in [2.24, 2.45) is 0 Å². The summed E-state index contributed by atoms with van der Waals surface area (Å²) in [6.07, 6.45) is -0.263. The molecule has 0 radical (unpaired) electrons. The maximum absolute atomic E-state index is 12.3. The van der Waals surface area contributed by atoms with Crippen LogP contribution in [0.3, 0.4) is 0 Å². The molecule has 1 aromatic heterocycles. The summed E-state index contributed by atoms with van der Waals surface area (Å²) in [5.74, 6) is 2.90. The lowest BCUT2D eigenvalue weighted by atomic mass is 10.2. The van der Waals surface area contributed by atoms with Crippen LogP contribution in [0.2, 0.25) is 37.8 Å². The van der Waals surface area contributed by atoms with Crippen LogP contribution < -0.4 is 11.2 Å². The summed E-state index contributed by atoms with van der Waals surface area (Å²) in [4.78, 5) is 26.7. The number of rotatable bonds is 4. The summed E-state index contributed by atoms with van der Waals surface area (Å²) < 4.78 is 13.4. The van der Waals surface area contributed by atoms with Crippen LogP contribution in [0.25, 0.3) is 0 Å². The first-order valence-corrected chi connectivity index (χ1v) is 16.4. The monoisotopic (exact) mass is 438 g/mol. The molecule has 1 fully saturated rings. The van der Waals surface area contributed by atoms with Crippen LogP contribution in [0, 0.1) is 11.5 Å². The quantitative estimate of drug-likeness (QED) is 0.556. The number of hydrogen-bond acceptors (Lipinski definition) is 5. The summed E-state index contributed by atoms with van der Waals surface area (Å²) in [5, 5.41) is 10.5. The van der Waals surface area contributed by atoms with Gasteiger partial charge in [-0.25, -0.2) is 4.79 Å². The molecule has 1 aliphatic heterocycles. The van der Waals surface area contributed by atoms with Crippen LogP contribution in [0.5, 0.6) is 0 Å². The number of H-pyrrole nitrogens is 1. The molecule has 1 aliphatic rings. The first-order valence-electron chi connectivity index (χ1n) is 9.97. The van der Waals surface area contributed by atoms with Crippen molar-refractivity contribution < 1.29 is 14.3 Å². The van der Waals surface area contributed by atoms with E-state index in [0.29, 0.717) is 0 Å². The van der Waals surface area contributed by atoms with Crippen LogP contribution in [-0.4, -0.2) is 49.9 Å². The van der Waals surface area contributed by atoms with Gasteiger partial charge in [0.25, 0.3) is 5.56 Å². The van der Waals surface area contributed by atoms with E-state index in [9.17, 15) is 14.7 Å². The van der Waals surface area contributed by atoms with E-state index < -0.39 is 46.1 Å². The second-order valence-corrected chi connectivity index (χ2v) is 19.8. The minimum Gasteiger partial charge on any atom is -0.414 e. The third-order valence-corrected chi connectivity index (χ3v) is 10.8. The lowest BCUT2D eigenvalue weighted by Crippen LogP contribution is -2.44. The van der Waals surface area contributed by atoms with E-state index in [2.05, 4.69) is 70.0 Å². The van der Waals surface area contributed by atoms with Crippen LogP contribution in [0.4, 0.5) is 0 Å². The van der Waals surface area contributed by atoms with Crippen LogP contribution in [-0.2, 0) is 9.16 Å². The summed E-state index contributed by atoms with van der Waals surface area (Å²) in [5.41, 5.74) is 2.28. The number of aliphatic hydroxyl groups is 1. The number of nitrogens with one attached hydrogen (secondary N) is 1. The third kappa shape index (κ3) is 6.02. The molecule has 3 atom stereocenters. The highest BCUT2D eigenvalue weighted by molar-refractivity contribution is 6.83. The first-order chi connectivity index (χ1) is 13.1. The molecule has 162 valence electrons. The summed E-state index contributed by atoms with van der Waals surface area (Å²) in [6, 6.07) is 0. The molecule has 0 aliphatic carbocycles. The Labute approximate surface area is 174 Å². The molecule has 0 amide bonds. The van der Waals surface area contributed by atoms with Gasteiger partial charge >= 0.3 is 5.69 Å². The molecule has 2 heterocycles. The number of aliphatic hydroxyl groups excluding tert-OH is 1. The smallest absolute Gasteiger partial charge is 0.330 e. The summed E-state index contributed by atoms with van der Waals surface area (Å²) in [7, 11) is -3.66. The Kier molecular flexibility index (Phi) is 6.87. The molecule has 2 N–H and O–H groups in total. The second kappa shape index (κ2) is 8.36. The Bertz CT molecular complexity index is 912. The molecule has 0 unspecified atom stereocenters. The normalized spacial score (nSPS) is 23.0. The number of ether oxygens (including phenoxy) is 1. The fourth-order valence-electron chi connectivity index (χ4n) is 2.59. The van der Waals surface area contributed by atoms with Crippen LogP contribution >= 0.6 is 0 Å². The standard InChI is InChI=1S/C20H34N2O5Si2/c1-20(2,3)29(7,8)26-13-16-15(23)11-17(27-16)22-12-14(9-10-28(4,5)6)18(24)21-19(22)25/h12,15-17,23H,11,13H2,1-8H3,(H,21,24,25)/t15-,16+,17+/m0/s1. The SMILES string of the molecule is CC(C)(C)[Si](C)(C)OC[C@H]1O[C@@H](n2cc(C#C[Si](C)(C)C)c(=O)[nH]c2=O)C[C@@H]1O. The molecular weight excluding hydrogens is 404 g/mol. The van der Waals surface area contributed by atoms with Gasteiger partial charge in [-0.3, -0.25) is 14.3 Å². The van der Waals surface area contributed by atoms with Crippen molar-refractivity contribution in [3.63, 3.8) is 0 Å². The van der Waals surface area contributed by atoms with E-state index in [4.69, 9.17) is 9.16 Å². The van der Waals surface area contributed by atoms with Crippen molar-refractivity contribution in [2.45, 2.75) is 83.4 Å². The van der Waals surface area contributed by atoms with E-state index in [1.165, 1.54) is 10.8 Å². The second-order valence-electron chi connectivity index (χ2n) is 10.2. The van der Waals surface area contributed by atoms with Gasteiger partial charge in [0.2, 0.25) is 0 Å². The Morgan fingerprint density at radius 1 is 1.28 bits per heavy atom. The molecule has 2 rings (SSSR count). The van der Waals surface area contributed by atoms with Crippen LogP contribution in [0.1, 0.15) is 39.0 Å². The summed E-state index contributed by atoms with van der Waals surface area (Å²) >= 11 is 0. The molecule has 1 aromatic rings. The molecule has 0 bridgehead atoms. The fraction of sp³-hybridized carbons (Fsp3) is 0.700. The fourth-order valence-corrected chi connectivity index (χ4v) is 4.11. The van der Waals surface area contributed by atoms with E-state index in [0.717, 1.165) is 0 Å². The zero-order valence-electron chi connectivity index (χ0n) is 18.8. The van der Waals surface area contributed by atoms with E-state index in [1.807, 2.05) is 0 Å². The first kappa shape index (κ1) is 23.8. The Hall–Kier alpha value is -1.45. The Morgan fingerprint density at radius 2 is 1.90 bits per heavy atom. The van der Waals surface area contributed by atoms with Gasteiger partial charge in [0.05, 0.1) is 12.7 Å². The average molecular weight is 439 g/mol. The lowest BCUT2D eigenvalue weighted by molar-refractivity contribution is -0.0433. The molecule has 7 nitrogen and oxygen atoms in total. The predicted molar refractivity (Wildman–Crippen MR) is 119 cm³/mol. The molecule has 0 aromatic carbocycles. The van der Waals surface area contributed by atoms with Gasteiger partial charge < -0.3 is 14.3 Å². The minimum atomic E-state index is -1.98. The van der Waals surface area contributed by atoms with Crippen molar-refractivity contribution in [2.75, 3.05) is 6.61 Å². The maximum atomic E-state index is 12.3. The van der Waals surface area contributed by atoms with Gasteiger partial charge in [-0.15, -0.1) is 5.54 Å². The highest BCUT2D eigenvalue weighted by atomic mass is 28.4. The highest BCUT2D eigenvalue weighted by Gasteiger charge is 2.41. The third-order valence-electron chi connectivity index (χ3n) is 5.47. The number of aromatic nitrogens is 2. The van der Waals surface area contributed by atoms with Crippen molar-refractivity contribution >= 4 is 16.4 Å². The molecule has 1 saturated heterocycles. The van der Waals surface area contributed by atoms with Gasteiger partial charge in [0.1, 0.15) is 26.0 Å². The van der Waals surface area contributed by atoms with E-state index in [1.54, 1.807) is 0 Å². The number of hydrogen-bond donors (Lipinski definition) is 2. The van der Waals surface area contributed by atoms with Crippen molar-refractivity contribution in [1.29, 1.82) is 0 Å². The number of nitrogens with zero attached hydrogens (tertiary/aromatic N) is 1.